The molecule has 1 atom stereocenters. The molecule has 18 heteroatoms. The lowest BCUT2D eigenvalue weighted by Crippen LogP contribution is -2.41. The van der Waals surface area contributed by atoms with Crippen LogP contribution in [0.3, 0.4) is 0 Å². The smallest absolute Gasteiger partial charge is 0.326 e. The molecule has 0 heterocycles. The molecule has 0 rings (SSSR count). The van der Waals surface area contributed by atoms with Gasteiger partial charge in [-0.15, -0.1) is 0 Å². The van der Waals surface area contributed by atoms with Crippen LogP contribution in [0.2, 0.25) is 0 Å². The Bertz CT molecular complexity index is 1080. The van der Waals surface area contributed by atoms with Gasteiger partial charge in [-0.2, -0.15) is 0 Å². The van der Waals surface area contributed by atoms with Crippen LogP contribution in [0.5, 0.6) is 0 Å². The molecule has 0 aromatic rings. The number of carboxylic acids is 2. The summed E-state index contributed by atoms with van der Waals surface area (Å²) in [7, 11) is 0. The normalized spacial score (nSPS) is 11.4. The van der Waals surface area contributed by atoms with Gasteiger partial charge in [0.15, 0.2) is 0 Å². The maximum absolute atomic E-state index is 12.3. The Morgan fingerprint density at radius 1 is 0.455 bits per heavy atom. The first-order valence-electron chi connectivity index (χ1n) is 19.6. The highest BCUT2D eigenvalue weighted by atomic mass is 16.5. The van der Waals surface area contributed by atoms with Crippen molar-refractivity contribution in [3.63, 3.8) is 0 Å². The van der Waals surface area contributed by atoms with E-state index < -0.39 is 18.0 Å². The first-order chi connectivity index (χ1) is 26.5. The third-order valence-corrected chi connectivity index (χ3v) is 8.01. The molecule has 0 saturated carbocycles. The number of ether oxygens (including phenoxy) is 4. The molecule has 0 aliphatic rings. The van der Waals surface area contributed by atoms with Crippen LogP contribution in [-0.2, 0) is 52.5 Å². The van der Waals surface area contributed by atoms with E-state index in [-0.39, 0.29) is 121 Å². The molecule has 55 heavy (non-hydrogen) atoms. The topological polar surface area (TPSA) is 257 Å². The first kappa shape index (κ1) is 51.1. The van der Waals surface area contributed by atoms with Crippen LogP contribution in [0.1, 0.15) is 110 Å². The standard InChI is InChI=1S/C37H67N5O13/c1-30(43)38-18-19-39-34(46)28-54-26-25-53-23-21-41-35(47)29-55-27-24-52-22-20-40-32(44)17-16-31(37(50)51)42-33(45)14-12-10-8-6-4-2-3-5-7-9-11-13-15-36(48)49/h31H,2-29H2,1H3,(H,38,43)(H,39,46)(H,40,44)(H,41,47)(H,42,45)(H,48,49)(H,50,51)/t31-/m0/s1. The number of amides is 5. The maximum Gasteiger partial charge on any atom is 0.326 e. The van der Waals surface area contributed by atoms with Crippen LogP contribution in [-0.4, -0.2) is 137 Å². The molecule has 0 saturated heterocycles. The third-order valence-electron chi connectivity index (χ3n) is 8.01. The number of aliphatic carboxylic acids is 2. The van der Waals surface area contributed by atoms with Crippen LogP contribution < -0.4 is 26.6 Å². The van der Waals surface area contributed by atoms with Gasteiger partial charge >= 0.3 is 11.9 Å². The second-order valence-electron chi connectivity index (χ2n) is 13.0. The van der Waals surface area contributed by atoms with E-state index in [4.69, 9.17) is 24.1 Å². The fourth-order valence-electron chi connectivity index (χ4n) is 5.05. The van der Waals surface area contributed by atoms with Gasteiger partial charge in [0.25, 0.3) is 0 Å². The minimum absolute atomic E-state index is 0.0313. The van der Waals surface area contributed by atoms with Crippen molar-refractivity contribution in [1.29, 1.82) is 0 Å². The number of nitrogens with one attached hydrogen (secondary N) is 5. The summed E-state index contributed by atoms with van der Waals surface area (Å²) in [5.74, 6) is -3.41. The van der Waals surface area contributed by atoms with Crippen molar-refractivity contribution in [2.24, 2.45) is 0 Å². The zero-order valence-electron chi connectivity index (χ0n) is 32.8. The molecular weight excluding hydrogens is 722 g/mol. The Labute approximate surface area is 325 Å². The van der Waals surface area contributed by atoms with Gasteiger partial charge in [0.1, 0.15) is 19.3 Å². The molecular formula is C37H67N5O13. The predicted octanol–water partition coefficient (Wildman–Crippen LogP) is 1.43. The molecule has 0 unspecified atom stereocenters. The van der Waals surface area contributed by atoms with E-state index in [1.54, 1.807) is 0 Å². The van der Waals surface area contributed by atoms with E-state index in [1.165, 1.54) is 26.2 Å². The lowest BCUT2D eigenvalue weighted by atomic mass is 10.0. The number of carboxylic acid groups (broad SMARTS) is 2. The highest BCUT2D eigenvalue weighted by molar-refractivity contribution is 5.84. The SMILES string of the molecule is CC(=O)NCCNC(=O)COCCOCCNC(=O)COCCOCCNC(=O)CC[C@H](NC(=O)CCCCCCCCCCCCCCC(=O)O)C(=O)O. The molecule has 0 bridgehead atoms. The van der Waals surface area contributed by atoms with Gasteiger partial charge in [-0.1, -0.05) is 64.2 Å². The van der Waals surface area contributed by atoms with Gasteiger partial charge in [-0.25, -0.2) is 4.79 Å². The Kier molecular flexibility index (Phi) is 34.5. The molecule has 318 valence electrons. The van der Waals surface area contributed by atoms with Crippen molar-refractivity contribution in [2.75, 3.05) is 79.0 Å². The van der Waals surface area contributed by atoms with E-state index in [9.17, 15) is 38.7 Å². The maximum atomic E-state index is 12.3. The molecule has 5 amide bonds. The number of carbonyl (C=O) groups is 7. The summed E-state index contributed by atoms with van der Waals surface area (Å²) in [6, 6.07) is -1.14. The molecule has 0 aromatic heterocycles. The van der Waals surface area contributed by atoms with Gasteiger partial charge in [0, 0.05) is 52.4 Å². The first-order valence-corrected chi connectivity index (χ1v) is 19.6. The van der Waals surface area contributed by atoms with Crippen LogP contribution in [0.25, 0.3) is 0 Å². The van der Waals surface area contributed by atoms with Gasteiger partial charge in [-0.05, 0) is 19.3 Å². The molecule has 18 nitrogen and oxygen atoms in total. The van der Waals surface area contributed by atoms with Crippen molar-refractivity contribution in [2.45, 2.75) is 116 Å². The monoisotopic (exact) mass is 789 g/mol. The number of carbonyl (C=O) groups excluding carboxylic acids is 5. The molecule has 0 spiro atoms. The van der Waals surface area contributed by atoms with Crippen molar-refractivity contribution < 1.29 is 62.7 Å². The predicted molar refractivity (Wildman–Crippen MR) is 202 cm³/mol. The molecule has 7 N–H and O–H groups in total. The van der Waals surface area contributed by atoms with Crippen molar-refractivity contribution >= 4 is 41.5 Å². The Morgan fingerprint density at radius 3 is 1.35 bits per heavy atom. The summed E-state index contributed by atoms with van der Waals surface area (Å²) >= 11 is 0. The fraction of sp³-hybridized carbons (Fsp3) is 0.811. The minimum atomic E-state index is -1.19. The summed E-state index contributed by atoms with van der Waals surface area (Å²) in [6.45, 7) is 3.50. The van der Waals surface area contributed by atoms with Crippen molar-refractivity contribution in [3.8, 4) is 0 Å². The quantitative estimate of drug-likeness (QED) is 0.0436. The van der Waals surface area contributed by atoms with Gasteiger partial charge < -0.3 is 55.7 Å². The Balaban J connectivity index is 3.66. The van der Waals surface area contributed by atoms with E-state index >= 15 is 0 Å². The number of hydrogen-bond donors (Lipinski definition) is 7. The highest BCUT2D eigenvalue weighted by Crippen LogP contribution is 2.13. The number of rotatable bonds is 39. The minimum Gasteiger partial charge on any atom is -0.481 e. The summed E-state index contributed by atoms with van der Waals surface area (Å²) in [5, 5.41) is 31.1. The van der Waals surface area contributed by atoms with Crippen molar-refractivity contribution in [3.05, 3.63) is 0 Å². The van der Waals surface area contributed by atoms with Crippen LogP contribution in [0.4, 0.5) is 0 Å². The summed E-state index contributed by atoms with van der Waals surface area (Å²) in [4.78, 5) is 80.7. The second kappa shape index (κ2) is 37.1. The Hall–Kier alpha value is -3.87. The molecule has 0 radical (unpaired) electrons. The zero-order chi connectivity index (χ0) is 40.8. The molecule has 0 aliphatic carbocycles. The second-order valence-corrected chi connectivity index (χ2v) is 13.0. The van der Waals surface area contributed by atoms with Crippen LogP contribution in [0.15, 0.2) is 0 Å². The summed E-state index contributed by atoms with van der Waals surface area (Å²) < 4.78 is 21.1. The van der Waals surface area contributed by atoms with E-state index in [2.05, 4.69) is 26.6 Å². The average molecular weight is 790 g/mol. The van der Waals surface area contributed by atoms with Gasteiger partial charge in [0.2, 0.25) is 29.5 Å². The molecule has 0 aliphatic heterocycles. The summed E-state index contributed by atoms with van der Waals surface area (Å²) in [5.41, 5.74) is 0. The van der Waals surface area contributed by atoms with Crippen LogP contribution in [0, 0.1) is 0 Å². The lowest BCUT2D eigenvalue weighted by molar-refractivity contribution is -0.142. The molecule has 0 fully saturated rings. The number of hydrogen-bond acceptors (Lipinski definition) is 11. The zero-order valence-corrected chi connectivity index (χ0v) is 32.8. The van der Waals surface area contributed by atoms with Crippen molar-refractivity contribution in [1.82, 2.24) is 26.6 Å². The molecule has 0 aromatic carbocycles. The lowest BCUT2D eigenvalue weighted by Gasteiger charge is -2.14. The Morgan fingerprint density at radius 2 is 0.873 bits per heavy atom. The fourth-order valence-corrected chi connectivity index (χ4v) is 5.05. The van der Waals surface area contributed by atoms with E-state index in [1.807, 2.05) is 0 Å². The van der Waals surface area contributed by atoms with Gasteiger partial charge in [-0.3, -0.25) is 28.8 Å². The van der Waals surface area contributed by atoms with Gasteiger partial charge in [0.05, 0.1) is 39.6 Å². The average Bonchev–Trinajstić information content (AvgIpc) is 3.13. The largest absolute Gasteiger partial charge is 0.481 e. The van der Waals surface area contributed by atoms with Crippen LogP contribution >= 0.6 is 0 Å². The number of unbranched alkanes of at least 4 members (excludes halogenated alkanes) is 11. The van der Waals surface area contributed by atoms with E-state index in [0.29, 0.717) is 19.5 Å². The van der Waals surface area contributed by atoms with E-state index in [0.717, 1.165) is 51.4 Å². The highest BCUT2D eigenvalue weighted by Gasteiger charge is 2.20. The third kappa shape index (κ3) is 38.2. The summed E-state index contributed by atoms with van der Waals surface area (Å²) in [6.07, 6.45) is 12.7.